The first-order valence-electron chi connectivity index (χ1n) is 9.56. The van der Waals surface area contributed by atoms with Crippen molar-refractivity contribution in [3.05, 3.63) is 0 Å². The molecule has 6 nitrogen and oxygen atoms in total. The topological polar surface area (TPSA) is 62.2 Å². The summed E-state index contributed by atoms with van der Waals surface area (Å²) in [5.41, 5.74) is 0. The van der Waals surface area contributed by atoms with E-state index in [1.54, 1.807) is 4.90 Å². The molecule has 0 aromatic carbocycles. The molecule has 3 saturated heterocycles. The second-order valence-corrected chi connectivity index (χ2v) is 7.57. The number of nitrogens with zero attached hydrogens (tertiary/aromatic N) is 2. The van der Waals surface area contributed by atoms with Gasteiger partial charge in [0.1, 0.15) is 0 Å². The minimum Gasteiger partial charge on any atom is -0.390 e. The molecule has 1 amide bonds. The van der Waals surface area contributed by atoms with Gasteiger partial charge in [0.25, 0.3) is 5.91 Å². The molecule has 3 atom stereocenters. The van der Waals surface area contributed by atoms with Gasteiger partial charge >= 0.3 is 0 Å². The van der Waals surface area contributed by atoms with Gasteiger partial charge in [0.05, 0.1) is 25.4 Å². The molecule has 3 heterocycles. The third-order valence-corrected chi connectivity index (χ3v) is 5.68. The van der Waals surface area contributed by atoms with E-state index in [-0.39, 0.29) is 12.0 Å². The van der Waals surface area contributed by atoms with Gasteiger partial charge in [0.2, 0.25) is 0 Å². The van der Waals surface area contributed by atoms with Crippen molar-refractivity contribution < 1.29 is 19.4 Å². The standard InChI is InChI=1S/C18H32N2O4/c1-14-4-7-19(8-5-14)9-6-15-2-3-16(21)17(24-15)18(22)20-10-12-23-13-11-20/h14-17,21H,2-13H2,1H3/t15-,16-,17-/m0/s1. The molecule has 0 unspecified atom stereocenters. The van der Waals surface area contributed by atoms with Crippen LogP contribution in [0.5, 0.6) is 0 Å². The number of piperidine rings is 1. The molecule has 0 aromatic heterocycles. The van der Waals surface area contributed by atoms with E-state index in [1.165, 1.54) is 25.9 Å². The predicted molar refractivity (Wildman–Crippen MR) is 90.8 cm³/mol. The van der Waals surface area contributed by atoms with Crippen LogP contribution in [0, 0.1) is 5.92 Å². The molecule has 0 aromatic rings. The third kappa shape index (κ3) is 4.69. The van der Waals surface area contributed by atoms with Crippen molar-refractivity contribution in [2.75, 3.05) is 45.9 Å². The first-order valence-corrected chi connectivity index (χ1v) is 9.56. The molecule has 6 heteroatoms. The van der Waals surface area contributed by atoms with Crippen LogP contribution in [0.1, 0.15) is 39.0 Å². The number of likely N-dealkylation sites (tertiary alicyclic amines) is 1. The van der Waals surface area contributed by atoms with Gasteiger partial charge in [-0.1, -0.05) is 6.92 Å². The van der Waals surface area contributed by atoms with E-state index in [1.807, 2.05) is 0 Å². The number of morpholine rings is 1. The smallest absolute Gasteiger partial charge is 0.254 e. The van der Waals surface area contributed by atoms with Gasteiger partial charge in [0, 0.05) is 19.6 Å². The Morgan fingerprint density at radius 3 is 2.50 bits per heavy atom. The highest BCUT2D eigenvalue weighted by molar-refractivity contribution is 5.81. The Bertz CT molecular complexity index is 406. The van der Waals surface area contributed by atoms with Crippen LogP contribution in [-0.2, 0) is 14.3 Å². The summed E-state index contributed by atoms with van der Waals surface area (Å²) in [6.07, 6.45) is 3.73. The van der Waals surface area contributed by atoms with Crippen molar-refractivity contribution in [1.82, 2.24) is 9.80 Å². The summed E-state index contributed by atoms with van der Waals surface area (Å²) in [7, 11) is 0. The SMILES string of the molecule is CC1CCN(CC[C@@H]2CC[C@H](O)[C@@H](C(=O)N3CCOCC3)O2)CC1. The molecule has 3 rings (SSSR count). The molecule has 3 aliphatic heterocycles. The lowest BCUT2D eigenvalue weighted by Gasteiger charge is -2.38. The van der Waals surface area contributed by atoms with Crippen molar-refractivity contribution in [2.45, 2.75) is 57.3 Å². The molecular weight excluding hydrogens is 308 g/mol. The van der Waals surface area contributed by atoms with Crippen molar-refractivity contribution in [2.24, 2.45) is 5.92 Å². The Balaban J connectivity index is 1.46. The molecule has 3 fully saturated rings. The fourth-order valence-corrected chi connectivity index (χ4v) is 3.89. The number of carbonyl (C=O) groups excluding carboxylic acids is 1. The number of rotatable bonds is 4. The second-order valence-electron chi connectivity index (χ2n) is 7.57. The normalized spacial score (nSPS) is 33.6. The maximum Gasteiger partial charge on any atom is 0.254 e. The molecule has 0 bridgehead atoms. The van der Waals surface area contributed by atoms with Crippen LogP contribution in [0.4, 0.5) is 0 Å². The van der Waals surface area contributed by atoms with E-state index in [9.17, 15) is 9.90 Å². The number of carbonyl (C=O) groups is 1. The van der Waals surface area contributed by atoms with E-state index in [0.717, 1.165) is 25.3 Å². The highest BCUT2D eigenvalue weighted by Crippen LogP contribution is 2.25. The molecule has 1 N–H and O–H groups in total. The quantitative estimate of drug-likeness (QED) is 0.823. The fourth-order valence-electron chi connectivity index (χ4n) is 3.89. The Labute approximate surface area is 145 Å². The molecule has 0 radical (unpaired) electrons. The number of ether oxygens (including phenoxy) is 2. The molecule has 0 saturated carbocycles. The van der Waals surface area contributed by atoms with Gasteiger partial charge in [-0.3, -0.25) is 4.79 Å². The van der Waals surface area contributed by atoms with E-state index >= 15 is 0 Å². The van der Waals surface area contributed by atoms with Crippen LogP contribution in [-0.4, -0.2) is 85.1 Å². The minimum atomic E-state index is -0.691. The Hall–Kier alpha value is -0.690. The zero-order valence-corrected chi connectivity index (χ0v) is 14.9. The predicted octanol–water partition coefficient (Wildman–Crippen LogP) is 0.876. The van der Waals surface area contributed by atoms with E-state index < -0.39 is 12.2 Å². The first-order chi connectivity index (χ1) is 11.6. The lowest BCUT2D eigenvalue weighted by molar-refractivity contribution is -0.171. The number of aliphatic hydroxyl groups excluding tert-OH is 1. The summed E-state index contributed by atoms with van der Waals surface area (Å²) in [4.78, 5) is 16.9. The Kier molecular flexibility index (Phi) is 6.49. The van der Waals surface area contributed by atoms with Gasteiger partial charge in [-0.25, -0.2) is 0 Å². The molecular formula is C18H32N2O4. The van der Waals surface area contributed by atoms with Crippen molar-refractivity contribution in [3.63, 3.8) is 0 Å². The maximum absolute atomic E-state index is 12.6. The first kappa shape index (κ1) is 18.1. The molecule has 0 spiro atoms. The highest BCUT2D eigenvalue weighted by Gasteiger charge is 2.37. The second kappa shape index (κ2) is 8.61. The lowest BCUT2D eigenvalue weighted by Crippen LogP contribution is -2.53. The summed E-state index contributed by atoms with van der Waals surface area (Å²) in [5.74, 6) is 0.778. The van der Waals surface area contributed by atoms with Gasteiger partial charge in [0.15, 0.2) is 6.10 Å². The van der Waals surface area contributed by atoms with E-state index in [0.29, 0.717) is 32.7 Å². The Morgan fingerprint density at radius 1 is 1.08 bits per heavy atom. The average Bonchev–Trinajstić information content (AvgIpc) is 2.62. The monoisotopic (exact) mass is 340 g/mol. The summed E-state index contributed by atoms with van der Waals surface area (Å²) >= 11 is 0. The van der Waals surface area contributed by atoms with Crippen molar-refractivity contribution in [3.8, 4) is 0 Å². The summed E-state index contributed by atoms with van der Waals surface area (Å²) < 4.78 is 11.3. The van der Waals surface area contributed by atoms with Gasteiger partial charge in [-0.05, 0) is 51.1 Å². The minimum absolute atomic E-state index is 0.0673. The molecule has 3 aliphatic rings. The zero-order chi connectivity index (χ0) is 16.9. The average molecular weight is 340 g/mol. The van der Waals surface area contributed by atoms with Crippen LogP contribution in [0.2, 0.25) is 0 Å². The van der Waals surface area contributed by atoms with Crippen LogP contribution in [0.15, 0.2) is 0 Å². The van der Waals surface area contributed by atoms with Crippen molar-refractivity contribution in [1.29, 1.82) is 0 Å². The van der Waals surface area contributed by atoms with Crippen LogP contribution in [0.25, 0.3) is 0 Å². The van der Waals surface area contributed by atoms with Crippen LogP contribution >= 0.6 is 0 Å². The third-order valence-electron chi connectivity index (χ3n) is 5.68. The highest BCUT2D eigenvalue weighted by atomic mass is 16.5. The summed E-state index contributed by atoms with van der Waals surface area (Å²) in [6.45, 7) is 8.05. The number of amides is 1. The fraction of sp³-hybridized carbons (Fsp3) is 0.944. The largest absolute Gasteiger partial charge is 0.390 e. The summed E-state index contributed by atoms with van der Waals surface area (Å²) in [5, 5.41) is 10.2. The molecule has 24 heavy (non-hydrogen) atoms. The Morgan fingerprint density at radius 2 is 1.79 bits per heavy atom. The lowest BCUT2D eigenvalue weighted by atomic mass is 9.96. The number of aliphatic hydroxyl groups is 1. The van der Waals surface area contributed by atoms with E-state index in [2.05, 4.69) is 11.8 Å². The summed E-state index contributed by atoms with van der Waals surface area (Å²) in [6, 6.07) is 0. The number of hydrogen-bond donors (Lipinski definition) is 1. The zero-order valence-electron chi connectivity index (χ0n) is 14.9. The molecule has 0 aliphatic carbocycles. The van der Waals surface area contributed by atoms with Crippen LogP contribution in [0.3, 0.4) is 0 Å². The maximum atomic E-state index is 12.6. The number of hydrogen-bond acceptors (Lipinski definition) is 5. The van der Waals surface area contributed by atoms with Crippen molar-refractivity contribution >= 4 is 5.91 Å². The van der Waals surface area contributed by atoms with E-state index in [4.69, 9.17) is 9.47 Å². The van der Waals surface area contributed by atoms with Crippen LogP contribution < -0.4 is 0 Å². The van der Waals surface area contributed by atoms with Gasteiger partial charge < -0.3 is 24.4 Å². The molecule has 138 valence electrons. The van der Waals surface area contributed by atoms with Gasteiger partial charge in [-0.2, -0.15) is 0 Å². The van der Waals surface area contributed by atoms with Gasteiger partial charge in [-0.15, -0.1) is 0 Å².